The summed E-state index contributed by atoms with van der Waals surface area (Å²) in [5.41, 5.74) is 2.92. The number of halogens is 8. The maximum atomic E-state index is 12.8. The van der Waals surface area contributed by atoms with Gasteiger partial charge in [0.2, 0.25) is 0 Å². The molecule has 2 N–H and O–H groups in total. The molecular formula is C12H4Cl2F6N4OSe. The van der Waals surface area contributed by atoms with E-state index in [4.69, 9.17) is 34.2 Å². The molecule has 0 aliphatic carbocycles. The zero-order valence-corrected chi connectivity index (χ0v) is 15.1. The van der Waals surface area contributed by atoms with Gasteiger partial charge in [0, 0.05) is 0 Å². The first-order chi connectivity index (χ1) is 11.8. The molecule has 1 aromatic carbocycles. The SMILES string of the molecule is N#Cc1nn(-c2c(Cl)cc(C(F)(F)F)cc2Cl)c(N)c1[Se](=O)C(F)(F)F. The number of nitrogens with two attached hydrogens (primary N) is 1. The van der Waals surface area contributed by atoms with Gasteiger partial charge < -0.3 is 0 Å². The second-order valence-corrected chi connectivity index (χ2v) is 8.36. The molecular weight excluding hydrogens is 480 g/mol. The van der Waals surface area contributed by atoms with E-state index in [1.54, 1.807) is 0 Å². The van der Waals surface area contributed by atoms with Crippen LogP contribution in [-0.4, -0.2) is 28.7 Å². The van der Waals surface area contributed by atoms with Gasteiger partial charge >= 0.3 is 155 Å². The van der Waals surface area contributed by atoms with Gasteiger partial charge in [-0.25, -0.2) is 0 Å². The van der Waals surface area contributed by atoms with Crippen molar-refractivity contribution < 1.29 is 30.2 Å². The topological polar surface area (TPSA) is 84.7 Å². The molecule has 2 aromatic rings. The third kappa shape index (κ3) is 3.66. The van der Waals surface area contributed by atoms with Gasteiger partial charge in [-0.1, -0.05) is 0 Å². The van der Waals surface area contributed by atoms with Gasteiger partial charge in [0.1, 0.15) is 0 Å². The first kappa shape index (κ1) is 20.5. The Kier molecular flexibility index (Phi) is 5.31. The van der Waals surface area contributed by atoms with Gasteiger partial charge in [0.15, 0.2) is 0 Å². The van der Waals surface area contributed by atoms with Crippen molar-refractivity contribution in [3.05, 3.63) is 33.4 Å². The van der Waals surface area contributed by atoms with E-state index < -0.39 is 62.4 Å². The molecule has 26 heavy (non-hydrogen) atoms. The van der Waals surface area contributed by atoms with Crippen LogP contribution in [0.3, 0.4) is 0 Å². The molecule has 0 amide bonds. The van der Waals surface area contributed by atoms with Gasteiger partial charge in [-0.15, -0.1) is 0 Å². The molecule has 1 heterocycles. The minimum atomic E-state index is -5.15. The average Bonchev–Trinajstić information content (AvgIpc) is 2.80. The molecule has 1 unspecified atom stereocenters. The van der Waals surface area contributed by atoms with E-state index >= 15 is 0 Å². The van der Waals surface area contributed by atoms with Crippen LogP contribution in [0.1, 0.15) is 11.3 Å². The monoisotopic (exact) mass is 484 g/mol. The summed E-state index contributed by atoms with van der Waals surface area (Å²) in [5, 5.41) is 5.96. The fourth-order valence-corrected chi connectivity index (χ4v) is 4.15. The van der Waals surface area contributed by atoms with E-state index in [1.807, 2.05) is 0 Å². The van der Waals surface area contributed by atoms with Crippen molar-refractivity contribution in [3.8, 4) is 11.8 Å². The Labute approximate surface area is 155 Å². The molecule has 0 aliphatic heterocycles. The van der Waals surface area contributed by atoms with Crippen molar-refractivity contribution in [1.29, 1.82) is 5.26 Å². The Bertz CT molecular complexity index is 924. The number of rotatable bonds is 2. The van der Waals surface area contributed by atoms with Crippen LogP contribution in [-0.2, 0) is 10.0 Å². The molecule has 0 spiro atoms. The number of aromatic nitrogens is 2. The molecule has 0 saturated heterocycles. The molecule has 1 aromatic heterocycles. The molecule has 1 atom stereocenters. The van der Waals surface area contributed by atoms with Crippen LogP contribution in [0, 0.1) is 11.3 Å². The number of hydrogen-bond acceptors (Lipinski definition) is 4. The van der Waals surface area contributed by atoms with Crippen molar-refractivity contribution in [2.24, 2.45) is 0 Å². The summed E-state index contributed by atoms with van der Waals surface area (Å²) < 4.78 is 87.6. The number of nitrogen functional groups attached to an aromatic ring is 1. The van der Waals surface area contributed by atoms with Crippen LogP contribution in [0.2, 0.25) is 10.0 Å². The predicted octanol–water partition coefficient (Wildman–Crippen LogP) is 3.38. The Balaban J connectivity index is 2.75. The summed E-state index contributed by atoms with van der Waals surface area (Å²) in [6, 6.07) is 2.23. The molecule has 14 heteroatoms. The number of hydrogen-bond donors (Lipinski definition) is 1. The standard InChI is InChI=1S/C12H4Cl2F6N4OSe/c13-5-1-4(11(15,16)17)2-6(14)8(5)24-10(22)9(7(3-21)23-24)26(25)12(18,19)20/h1-2H,22H2. The fourth-order valence-electron chi connectivity index (χ4n) is 1.89. The molecule has 0 radical (unpaired) electrons. The summed E-state index contributed by atoms with van der Waals surface area (Å²) in [4.78, 5) is 0. The first-order valence-corrected chi connectivity index (χ1v) is 9.29. The molecule has 0 saturated carbocycles. The summed E-state index contributed by atoms with van der Waals surface area (Å²) in [7, 11) is 0. The molecule has 140 valence electrons. The summed E-state index contributed by atoms with van der Waals surface area (Å²) >= 11 is 6.69. The second kappa shape index (κ2) is 6.74. The van der Waals surface area contributed by atoms with Crippen LogP contribution in [0.15, 0.2) is 12.1 Å². The number of nitrogens with zero attached hydrogens (tertiary/aromatic N) is 3. The van der Waals surface area contributed by atoms with Crippen molar-refractivity contribution >= 4 is 47.3 Å². The van der Waals surface area contributed by atoms with Gasteiger partial charge in [-0.05, 0) is 0 Å². The molecule has 2 rings (SSSR count). The number of nitriles is 1. The Morgan fingerprint density at radius 2 is 1.65 bits per heavy atom. The van der Waals surface area contributed by atoms with E-state index in [-0.39, 0.29) is 0 Å². The fraction of sp³-hybridized carbons (Fsp3) is 0.167. The summed E-state index contributed by atoms with van der Waals surface area (Å²) in [6.45, 7) is 0. The van der Waals surface area contributed by atoms with Crippen LogP contribution in [0.25, 0.3) is 5.69 Å². The van der Waals surface area contributed by atoms with Gasteiger partial charge in [-0.3, -0.25) is 0 Å². The third-order valence-corrected chi connectivity index (χ3v) is 6.01. The maximum absolute atomic E-state index is 12.8. The third-order valence-electron chi connectivity index (χ3n) is 2.93. The first-order valence-electron chi connectivity index (χ1n) is 6.12. The van der Waals surface area contributed by atoms with E-state index in [0.29, 0.717) is 16.8 Å². The van der Waals surface area contributed by atoms with Crippen molar-refractivity contribution in [1.82, 2.24) is 9.78 Å². The van der Waals surface area contributed by atoms with Crippen molar-refractivity contribution in [3.63, 3.8) is 0 Å². The van der Waals surface area contributed by atoms with E-state index in [0.717, 1.165) is 0 Å². The summed E-state index contributed by atoms with van der Waals surface area (Å²) in [5.74, 6) is -0.859. The number of alkyl halides is 6. The summed E-state index contributed by atoms with van der Waals surface area (Å²) in [6.07, 6.45) is -4.78. The van der Waals surface area contributed by atoms with Crippen LogP contribution >= 0.6 is 23.2 Å². The molecule has 5 nitrogen and oxygen atoms in total. The zero-order valence-electron chi connectivity index (χ0n) is 11.9. The quantitative estimate of drug-likeness (QED) is 0.524. The Hall–Kier alpha value is -1.80. The minimum absolute atomic E-state index is 0.457. The van der Waals surface area contributed by atoms with Crippen molar-refractivity contribution in [2.75, 3.05) is 5.73 Å². The van der Waals surface area contributed by atoms with E-state index in [9.17, 15) is 30.2 Å². The normalized spacial score (nSPS) is 13.5. The second-order valence-electron chi connectivity index (χ2n) is 4.59. The Morgan fingerprint density at radius 3 is 2.04 bits per heavy atom. The number of benzene rings is 1. The molecule has 0 fully saturated rings. The number of anilines is 1. The van der Waals surface area contributed by atoms with Gasteiger partial charge in [0.05, 0.1) is 0 Å². The van der Waals surface area contributed by atoms with Crippen LogP contribution in [0.5, 0.6) is 0 Å². The predicted molar refractivity (Wildman–Crippen MR) is 79.8 cm³/mol. The van der Waals surface area contributed by atoms with Crippen LogP contribution < -0.4 is 10.2 Å². The molecule has 0 aliphatic rings. The Morgan fingerprint density at radius 1 is 1.15 bits per heavy atom. The van der Waals surface area contributed by atoms with E-state index in [2.05, 4.69) is 5.10 Å². The van der Waals surface area contributed by atoms with Gasteiger partial charge in [-0.2, -0.15) is 0 Å². The average molecular weight is 484 g/mol. The molecule has 0 bridgehead atoms. The van der Waals surface area contributed by atoms with Crippen molar-refractivity contribution in [2.45, 2.75) is 11.3 Å². The van der Waals surface area contributed by atoms with Gasteiger partial charge in [0.25, 0.3) is 0 Å². The van der Waals surface area contributed by atoms with Crippen LogP contribution in [0.4, 0.5) is 32.2 Å². The zero-order chi connectivity index (χ0) is 20.0. The van der Waals surface area contributed by atoms with E-state index in [1.165, 1.54) is 6.07 Å².